The van der Waals surface area contributed by atoms with Gasteiger partial charge in [-0.15, -0.1) is 0 Å². The van der Waals surface area contributed by atoms with Gasteiger partial charge in [0, 0.05) is 37.1 Å². The Morgan fingerprint density at radius 1 is 1.48 bits per heavy atom. The van der Waals surface area contributed by atoms with Crippen LogP contribution in [0.1, 0.15) is 24.5 Å². The standard InChI is InChI=1S/C15H19N3O3/c1-16-14(20)9-3-2-6-18(8-9)10-4-5-11-12(7-10)17-15(21)13(11)19/h4-5,7,9,13,19H,2-3,6,8H2,1H3,(H,16,20)(H,17,21). The third-order valence-electron chi connectivity index (χ3n) is 4.24. The lowest BCUT2D eigenvalue weighted by molar-refractivity contribution is -0.125. The third-order valence-corrected chi connectivity index (χ3v) is 4.24. The number of hydrogen-bond donors (Lipinski definition) is 3. The molecule has 2 atom stereocenters. The minimum absolute atomic E-state index is 0.00261. The fourth-order valence-electron chi connectivity index (χ4n) is 3.06. The Bertz CT molecular complexity index is 588. The maximum absolute atomic E-state index is 11.8. The van der Waals surface area contributed by atoms with Gasteiger partial charge in [0.1, 0.15) is 0 Å². The van der Waals surface area contributed by atoms with Gasteiger partial charge in [-0.1, -0.05) is 6.07 Å². The lowest BCUT2D eigenvalue weighted by atomic mass is 9.96. The van der Waals surface area contributed by atoms with Crippen molar-refractivity contribution >= 4 is 23.2 Å². The van der Waals surface area contributed by atoms with Crippen LogP contribution in [-0.4, -0.2) is 37.1 Å². The summed E-state index contributed by atoms with van der Waals surface area (Å²) in [7, 11) is 1.66. The van der Waals surface area contributed by atoms with E-state index in [1.165, 1.54) is 0 Å². The van der Waals surface area contributed by atoms with Crippen molar-refractivity contribution in [3.8, 4) is 0 Å². The van der Waals surface area contributed by atoms with Crippen LogP contribution in [0.2, 0.25) is 0 Å². The quantitative estimate of drug-likeness (QED) is 0.746. The second-order valence-electron chi connectivity index (χ2n) is 5.56. The van der Waals surface area contributed by atoms with Gasteiger partial charge in [0.2, 0.25) is 5.91 Å². The number of rotatable bonds is 2. The van der Waals surface area contributed by atoms with Crippen molar-refractivity contribution in [1.29, 1.82) is 0 Å². The Labute approximate surface area is 123 Å². The molecule has 6 nitrogen and oxygen atoms in total. The highest BCUT2D eigenvalue weighted by atomic mass is 16.3. The number of anilines is 2. The van der Waals surface area contributed by atoms with Gasteiger partial charge in [-0.25, -0.2) is 0 Å². The van der Waals surface area contributed by atoms with E-state index in [0.29, 0.717) is 17.8 Å². The van der Waals surface area contributed by atoms with Crippen LogP contribution in [0.15, 0.2) is 18.2 Å². The summed E-state index contributed by atoms with van der Waals surface area (Å²) in [4.78, 5) is 25.4. The minimum atomic E-state index is -1.07. The SMILES string of the molecule is CNC(=O)C1CCCN(c2ccc3c(c2)NC(=O)C3O)C1. The van der Waals surface area contributed by atoms with Crippen LogP contribution >= 0.6 is 0 Å². The number of nitrogens with one attached hydrogen (secondary N) is 2. The van der Waals surface area contributed by atoms with E-state index in [1.807, 2.05) is 12.1 Å². The number of aliphatic hydroxyl groups excluding tert-OH is 1. The molecule has 1 aromatic rings. The summed E-state index contributed by atoms with van der Waals surface area (Å²) in [5.74, 6) is -0.314. The number of amides is 2. The average molecular weight is 289 g/mol. The van der Waals surface area contributed by atoms with Crippen molar-refractivity contribution in [2.45, 2.75) is 18.9 Å². The first-order valence-electron chi connectivity index (χ1n) is 7.19. The summed E-state index contributed by atoms with van der Waals surface area (Å²) >= 11 is 0. The zero-order valence-electron chi connectivity index (χ0n) is 11.9. The molecular weight excluding hydrogens is 270 g/mol. The maximum atomic E-state index is 11.8. The molecule has 1 aromatic carbocycles. The first-order chi connectivity index (χ1) is 10.1. The Hall–Kier alpha value is -2.08. The summed E-state index contributed by atoms with van der Waals surface area (Å²) in [5.41, 5.74) is 2.24. The largest absolute Gasteiger partial charge is 0.378 e. The fraction of sp³-hybridized carbons (Fsp3) is 0.467. The molecule has 112 valence electrons. The molecule has 0 saturated carbocycles. The molecule has 2 aliphatic heterocycles. The van der Waals surface area contributed by atoms with Gasteiger partial charge in [0.25, 0.3) is 5.91 Å². The zero-order chi connectivity index (χ0) is 15.0. The highest BCUT2D eigenvalue weighted by Gasteiger charge is 2.30. The lowest BCUT2D eigenvalue weighted by Crippen LogP contribution is -2.42. The topological polar surface area (TPSA) is 81.7 Å². The van der Waals surface area contributed by atoms with Crippen molar-refractivity contribution in [3.63, 3.8) is 0 Å². The average Bonchev–Trinajstić information content (AvgIpc) is 2.81. The van der Waals surface area contributed by atoms with E-state index in [-0.39, 0.29) is 17.7 Å². The first kappa shape index (κ1) is 13.9. The van der Waals surface area contributed by atoms with Crippen LogP contribution in [0.25, 0.3) is 0 Å². The van der Waals surface area contributed by atoms with Crippen LogP contribution in [-0.2, 0) is 9.59 Å². The number of piperidine rings is 1. The van der Waals surface area contributed by atoms with E-state index in [9.17, 15) is 14.7 Å². The van der Waals surface area contributed by atoms with Gasteiger partial charge in [-0.2, -0.15) is 0 Å². The molecular formula is C15H19N3O3. The van der Waals surface area contributed by atoms with Crippen molar-refractivity contribution in [1.82, 2.24) is 5.32 Å². The predicted octanol–water partition coefficient (Wildman–Crippen LogP) is 0.634. The predicted molar refractivity (Wildman–Crippen MR) is 79.0 cm³/mol. The molecule has 2 amide bonds. The number of fused-ring (bicyclic) bond motifs is 1. The molecule has 1 saturated heterocycles. The van der Waals surface area contributed by atoms with Gasteiger partial charge < -0.3 is 20.6 Å². The normalized spacial score (nSPS) is 24.5. The van der Waals surface area contributed by atoms with Gasteiger partial charge in [-0.3, -0.25) is 9.59 Å². The Morgan fingerprint density at radius 2 is 2.29 bits per heavy atom. The van der Waals surface area contributed by atoms with Crippen LogP contribution in [0.3, 0.4) is 0 Å². The maximum Gasteiger partial charge on any atom is 0.257 e. The second kappa shape index (κ2) is 5.37. The molecule has 2 unspecified atom stereocenters. The van der Waals surface area contributed by atoms with E-state index >= 15 is 0 Å². The Morgan fingerprint density at radius 3 is 3.05 bits per heavy atom. The van der Waals surface area contributed by atoms with E-state index in [2.05, 4.69) is 15.5 Å². The van der Waals surface area contributed by atoms with Gasteiger partial charge in [-0.05, 0) is 25.0 Å². The van der Waals surface area contributed by atoms with E-state index < -0.39 is 6.10 Å². The number of carbonyl (C=O) groups excluding carboxylic acids is 2. The molecule has 6 heteroatoms. The smallest absolute Gasteiger partial charge is 0.257 e. The van der Waals surface area contributed by atoms with Gasteiger partial charge in [0.05, 0.1) is 5.92 Å². The summed E-state index contributed by atoms with van der Waals surface area (Å²) in [6.45, 7) is 1.57. The first-order valence-corrected chi connectivity index (χ1v) is 7.19. The third kappa shape index (κ3) is 2.47. The van der Waals surface area contributed by atoms with Crippen LogP contribution in [0.5, 0.6) is 0 Å². The molecule has 1 fully saturated rings. The monoisotopic (exact) mass is 289 g/mol. The molecule has 3 rings (SSSR count). The highest BCUT2D eigenvalue weighted by Crippen LogP contribution is 2.35. The molecule has 0 radical (unpaired) electrons. The van der Waals surface area contributed by atoms with Gasteiger partial charge in [0.15, 0.2) is 6.10 Å². The lowest BCUT2D eigenvalue weighted by Gasteiger charge is -2.33. The molecule has 0 bridgehead atoms. The molecule has 2 heterocycles. The number of aliphatic hydroxyl groups is 1. The van der Waals surface area contributed by atoms with Crippen LogP contribution in [0, 0.1) is 5.92 Å². The zero-order valence-corrected chi connectivity index (χ0v) is 11.9. The molecule has 3 N–H and O–H groups in total. The Kier molecular flexibility index (Phi) is 3.55. The van der Waals surface area contributed by atoms with E-state index in [1.54, 1.807) is 13.1 Å². The summed E-state index contributed by atoms with van der Waals surface area (Å²) in [6.07, 6.45) is 0.787. The van der Waals surface area contributed by atoms with Crippen molar-refractivity contribution < 1.29 is 14.7 Å². The Balaban J connectivity index is 1.80. The summed E-state index contributed by atoms with van der Waals surface area (Å²) < 4.78 is 0. The number of benzene rings is 1. The second-order valence-corrected chi connectivity index (χ2v) is 5.56. The summed E-state index contributed by atoms with van der Waals surface area (Å²) in [5, 5.41) is 15.1. The molecule has 0 spiro atoms. The van der Waals surface area contributed by atoms with Crippen molar-refractivity contribution in [2.24, 2.45) is 5.92 Å². The van der Waals surface area contributed by atoms with Crippen LogP contribution < -0.4 is 15.5 Å². The molecule has 21 heavy (non-hydrogen) atoms. The number of carbonyl (C=O) groups is 2. The molecule has 0 aromatic heterocycles. The molecule has 0 aliphatic carbocycles. The van der Waals surface area contributed by atoms with E-state index in [0.717, 1.165) is 25.1 Å². The number of hydrogen-bond acceptors (Lipinski definition) is 4. The van der Waals surface area contributed by atoms with E-state index in [4.69, 9.17) is 0 Å². The van der Waals surface area contributed by atoms with Crippen molar-refractivity contribution in [2.75, 3.05) is 30.4 Å². The minimum Gasteiger partial charge on any atom is -0.378 e. The molecule has 2 aliphatic rings. The number of nitrogens with zero attached hydrogens (tertiary/aromatic N) is 1. The van der Waals surface area contributed by atoms with Crippen molar-refractivity contribution in [3.05, 3.63) is 23.8 Å². The van der Waals surface area contributed by atoms with Gasteiger partial charge >= 0.3 is 0 Å². The summed E-state index contributed by atoms with van der Waals surface area (Å²) in [6, 6.07) is 5.54. The van der Waals surface area contributed by atoms with Crippen LogP contribution in [0.4, 0.5) is 11.4 Å². The fourth-order valence-corrected chi connectivity index (χ4v) is 3.06. The highest BCUT2D eigenvalue weighted by molar-refractivity contribution is 6.02.